The number of carbonyl (C=O) groups is 1. The van der Waals surface area contributed by atoms with E-state index >= 15 is 0 Å². The number of urea groups is 1. The Labute approximate surface area is 242 Å². The van der Waals surface area contributed by atoms with E-state index in [0.717, 1.165) is 24.1 Å². The van der Waals surface area contributed by atoms with Gasteiger partial charge in [-0.25, -0.2) is 4.79 Å². The predicted octanol–water partition coefficient (Wildman–Crippen LogP) is 3.39. The van der Waals surface area contributed by atoms with Gasteiger partial charge >= 0.3 is 12.4 Å². The molecular formula is C29H37F3N8O2. The van der Waals surface area contributed by atoms with Gasteiger partial charge in [0.15, 0.2) is 5.96 Å². The Bertz CT molecular complexity index is 1360. The van der Waals surface area contributed by atoms with Gasteiger partial charge in [-0.05, 0) is 87.2 Å². The van der Waals surface area contributed by atoms with Crippen LogP contribution in [0.1, 0.15) is 43.4 Å². The summed E-state index contributed by atoms with van der Waals surface area (Å²) in [5.74, 6) is -0.236. The van der Waals surface area contributed by atoms with Crippen LogP contribution < -0.4 is 42.8 Å². The quantitative estimate of drug-likeness (QED) is 0.127. The van der Waals surface area contributed by atoms with E-state index in [1.54, 1.807) is 18.3 Å². The molecule has 0 saturated heterocycles. The lowest BCUT2D eigenvalue weighted by Gasteiger charge is -2.29. The van der Waals surface area contributed by atoms with Gasteiger partial charge in [0.1, 0.15) is 11.9 Å². The van der Waals surface area contributed by atoms with Gasteiger partial charge in [-0.1, -0.05) is 12.1 Å². The average Bonchev–Trinajstić information content (AvgIpc) is 3.31. The molecule has 4 rings (SSSR count). The summed E-state index contributed by atoms with van der Waals surface area (Å²) < 4.78 is 43.4. The minimum absolute atomic E-state index is 0.0788. The normalized spacial score (nSPS) is 16.7. The lowest BCUT2D eigenvalue weighted by molar-refractivity contribution is -0.274. The van der Waals surface area contributed by atoms with Gasteiger partial charge in [0.2, 0.25) is 0 Å². The largest absolute Gasteiger partial charge is 0.573 e. The van der Waals surface area contributed by atoms with E-state index < -0.39 is 18.1 Å². The number of benzene rings is 2. The zero-order valence-electron chi connectivity index (χ0n) is 23.6. The standard InChI is InChI=1S/C29H37F3N8O2/c1-28(2,35)9-8-19-12-20(14-23(13-19)42-29(30,31)32)24-15-21-17-40(27(41)39-25(21)38-24)22-6-4-18(5-7-22)16-36-10-3-11-37-26(33)34/h4-7,12-15,17,25,36,38H,3,8-11,16,35H2,1-2H3,(H,39,41)(H4,33,34,37). The first-order valence-electron chi connectivity index (χ1n) is 13.6. The maximum absolute atomic E-state index is 13.1. The number of aliphatic imine (C=N–C) groups is 1. The summed E-state index contributed by atoms with van der Waals surface area (Å²) in [6, 6.07) is 11.7. The van der Waals surface area contributed by atoms with Crippen LogP contribution in [0.25, 0.3) is 5.70 Å². The number of nitrogens with two attached hydrogens (primary N) is 3. The molecule has 1 unspecified atom stereocenters. The summed E-state index contributed by atoms with van der Waals surface area (Å²) in [5, 5.41) is 9.42. The van der Waals surface area contributed by atoms with Crippen LogP contribution in [0.15, 0.2) is 65.3 Å². The number of amides is 2. The van der Waals surface area contributed by atoms with E-state index in [2.05, 4.69) is 25.7 Å². The van der Waals surface area contributed by atoms with Crippen LogP contribution >= 0.6 is 0 Å². The van der Waals surface area contributed by atoms with Gasteiger partial charge in [-0.3, -0.25) is 9.89 Å². The van der Waals surface area contributed by atoms with Gasteiger partial charge in [-0.2, -0.15) is 0 Å². The molecule has 13 heteroatoms. The number of ether oxygens (including phenoxy) is 1. The Morgan fingerprint density at radius 3 is 2.50 bits per heavy atom. The van der Waals surface area contributed by atoms with E-state index in [1.807, 2.05) is 38.1 Å². The Morgan fingerprint density at radius 1 is 1.10 bits per heavy atom. The van der Waals surface area contributed by atoms with Crippen LogP contribution in [0.4, 0.5) is 23.7 Å². The molecule has 2 heterocycles. The molecule has 0 spiro atoms. The number of anilines is 1. The van der Waals surface area contributed by atoms with Crippen molar-refractivity contribution in [3.63, 3.8) is 0 Å². The van der Waals surface area contributed by atoms with Crippen LogP contribution in [0.2, 0.25) is 0 Å². The van der Waals surface area contributed by atoms with Crippen molar-refractivity contribution in [2.45, 2.75) is 57.7 Å². The number of nitrogens with zero attached hydrogens (tertiary/aromatic N) is 2. The number of rotatable bonds is 12. The molecule has 1 atom stereocenters. The van der Waals surface area contributed by atoms with Gasteiger partial charge in [0.25, 0.3) is 0 Å². The third kappa shape index (κ3) is 8.88. The van der Waals surface area contributed by atoms with Crippen molar-refractivity contribution < 1.29 is 22.7 Å². The van der Waals surface area contributed by atoms with E-state index in [0.29, 0.717) is 48.4 Å². The zero-order chi connectivity index (χ0) is 30.5. The molecule has 2 aromatic carbocycles. The van der Waals surface area contributed by atoms with Crippen LogP contribution in [0.3, 0.4) is 0 Å². The smallest absolute Gasteiger partial charge is 0.406 e. The fraction of sp³-hybridized carbons (Fsp3) is 0.379. The second-order valence-electron chi connectivity index (χ2n) is 11.0. The highest BCUT2D eigenvalue weighted by molar-refractivity contribution is 5.96. The maximum atomic E-state index is 13.1. The summed E-state index contributed by atoms with van der Waals surface area (Å²) in [6.07, 6.45) is 0.0149. The molecule has 10 nitrogen and oxygen atoms in total. The summed E-state index contributed by atoms with van der Waals surface area (Å²) >= 11 is 0. The molecule has 0 radical (unpaired) electrons. The lowest BCUT2D eigenvalue weighted by atomic mass is 9.95. The molecule has 2 amide bonds. The molecule has 2 aliphatic heterocycles. The van der Waals surface area contributed by atoms with Gasteiger partial charge in [-0.15, -0.1) is 13.2 Å². The Kier molecular flexibility index (Phi) is 9.32. The number of carbonyl (C=O) groups excluding carboxylic acids is 1. The highest BCUT2D eigenvalue weighted by Gasteiger charge is 2.33. The van der Waals surface area contributed by atoms with Crippen LogP contribution in [0.5, 0.6) is 5.75 Å². The molecule has 0 fully saturated rings. The Balaban J connectivity index is 1.48. The van der Waals surface area contributed by atoms with Crippen LogP contribution in [-0.2, 0) is 13.0 Å². The van der Waals surface area contributed by atoms with Crippen molar-refractivity contribution in [3.8, 4) is 5.75 Å². The molecule has 42 heavy (non-hydrogen) atoms. The molecule has 0 bridgehead atoms. The predicted molar refractivity (Wildman–Crippen MR) is 157 cm³/mol. The van der Waals surface area contributed by atoms with E-state index in [9.17, 15) is 18.0 Å². The number of aryl methyl sites for hydroxylation is 1. The SMILES string of the molecule is CC(C)(N)CCc1cc(OC(F)(F)F)cc(C2=CC3=CN(c4ccc(CNCCCN=C(N)N)cc4)C(=O)NC3N2)c1. The van der Waals surface area contributed by atoms with E-state index in [1.165, 1.54) is 17.0 Å². The Morgan fingerprint density at radius 2 is 1.83 bits per heavy atom. The summed E-state index contributed by atoms with van der Waals surface area (Å²) in [7, 11) is 0. The highest BCUT2D eigenvalue weighted by Crippen LogP contribution is 2.32. The zero-order valence-corrected chi connectivity index (χ0v) is 23.6. The van der Waals surface area contributed by atoms with Crippen molar-refractivity contribution in [1.29, 1.82) is 0 Å². The maximum Gasteiger partial charge on any atom is 0.573 e. The van der Waals surface area contributed by atoms with E-state index in [-0.39, 0.29) is 17.7 Å². The van der Waals surface area contributed by atoms with Crippen LogP contribution in [0, 0.1) is 0 Å². The van der Waals surface area contributed by atoms with Crippen molar-refractivity contribution in [3.05, 3.63) is 77.0 Å². The fourth-order valence-electron chi connectivity index (χ4n) is 4.56. The van der Waals surface area contributed by atoms with Crippen molar-refractivity contribution >= 4 is 23.4 Å². The number of fused-ring (bicyclic) bond motifs is 1. The van der Waals surface area contributed by atoms with E-state index in [4.69, 9.17) is 17.2 Å². The molecule has 0 aliphatic carbocycles. The lowest BCUT2D eigenvalue weighted by Crippen LogP contribution is -2.51. The van der Waals surface area contributed by atoms with Gasteiger partial charge < -0.3 is 37.9 Å². The summed E-state index contributed by atoms with van der Waals surface area (Å²) in [4.78, 5) is 18.4. The molecular weight excluding hydrogens is 549 g/mol. The van der Waals surface area contributed by atoms with Gasteiger partial charge in [0.05, 0.1) is 5.69 Å². The first kappa shape index (κ1) is 30.7. The fourth-order valence-corrected chi connectivity index (χ4v) is 4.56. The van der Waals surface area contributed by atoms with Crippen molar-refractivity contribution in [2.24, 2.45) is 22.2 Å². The topological polar surface area (TPSA) is 156 Å². The number of alkyl halides is 3. The molecule has 226 valence electrons. The third-order valence-electron chi connectivity index (χ3n) is 6.63. The average molecular weight is 587 g/mol. The second kappa shape index (κ2) is 12.7. The van der Waals surface area contributed by atoms with Crippen molar-refractivity contribution in [2.75, 3.05) is 18.0 Å². The molecule has 9 N–H and O–H groups in total. The number of hydrogen-bond donors (Lipinski definition) is 6. The first-order valence-corrected chi connectivity index (χ1v) is 13.6. The molecule has 0 saturated carbocycles. The third-order valence-corrected chi connectivity index (χ3v) is 6.63. The van der Waals surface area contributed by atoms with Gasteiger partial charge in [0, 0.05) is 41.7 Å². The minimum atomic E-state index is -4.83. The molecule has 0 aromatic heterocycles. The molecule has 2 aromatic rings. The summed E-state index contributed by atoms with van der Waals surface area (Å²) in [5.41, 5.74) is 20.4. The first-order chi connectivity index (χ1) is 19.8. The molecule has 2 aliphatic rings. The summed E-state index contributed by atoms with van der Waals surface area (Å²) in [6.45, 7) is 5.68. The number of nitrogens with one attached hydrogen (secondary N) is 3. The number of guanidine groups is 1. The second-order valence-corrected chi connectivity index (χ2v) is 11.0. The number of hydrogen-bond acceptors (Lipinski definition) is 6. The van der Waals surface area contributed by atoms with Crippen molar-refractivity contribution in [1.82, 2.24) is 16.0 Å². The number of halogens is 3. The highest BCUT2D eigenvalue weighted by atomic mass is 19.4. The minimum Gasteiger partial charge on any atom is -0.406 e. The monoisotopic (exact) mass is 586 g/mol. The Hall–Kier alpha value is -4.23. The van der Waals surface area contributed by atoms with Crippen LogP contribution in [-0.4, -0.2) is 43.1 Å².